The number of thiazole rings is 1. The third-order valence-corrected chi connectivity index (χ3v) is 9.81. The second kappa shape index (κ2) is 12.5. The number of hydrogen-bond donors (Lipinski definition) is 1. The quantitative estimate of drug-likeness (QED) is 0.122. The van der Waals surface area contributed by atoms with Crippen molar-refractivity contribution in [1.29, 1.82) is 0 Å². The first-order chi connectivity index (χ1) is 18.9. The van der Waals surface area contributed by atoms with Gasteiger partial charge in [0, 0.05) is 32.0 Å². The van der Waals surface area contributed by atoms with Gasteiger partial charge in [0.05, 0.1) is 12.3 Å². The second-order valence-corrected chi connectivity index (χ2v) is 19.0. The van der Waals surface area contributed by atoms with E-state index in [0.717, 1.165) is 42.3 Å². The molecule has 3 aromatic rings. The van der Waals surface area contributed by atoms with Gasteiger partial charge in [0.1, 0.15) is 10.7 Å². The summed E-state index contributed by atoms with van der Waals surface area (Å²) in [5.74, 6) is -0.667. The van der Waals surface area contributed by atoms with Gasteiger partial charge < -0.3 is 14.2 Å². The summed E-state index contributed by atoms with van der Waals surface area (Å²) < 4.78 is 56.6. The number of benzene rings is 1. The molecular formula is C26H35FN4O6S2Si. The van der Waals surface area contributed by atoms with E-state index in [1.54, 1.807) is 17.0 Å². The number of sulfonamides is 1. The van der Waals surface area contributed by atoms with Crippen molar-refractivity contribution in [1.82, 2.24) is 14.8 Å². The zero-order valence-corrected chi connectivity index (χ0v) is 25.7. The zero-order chi connectivity index (χ0) is 29.1. The Kier molecular flexibility index (Phi) is 9.45. The van der Waals surface area contributed by atoms with Crippen molar-refractivity contribution in [3.05, 3.63) is 51.9 Å². The molecule has 0 atom stereocenters. The summed E-state index contributed by atoms with van der Waals surface area (Å²) in [7, 11) is -5.47. The number of rotatable bonds is 14. The average molecular weight is 611 g/mol. The van der Waals surface area contributed by atoms with Crippen LogP contribution in [0.3, 0.4) is 0 Å². The Morgan fingerprint density at radius 2 is 2.02 bits per heavy atom. The maximum absolute atomic E-state index is 14.7. The van der Waals surface area contributed by atoms with Crippen molar-refractivity contribution >= 4 is 35.4 Å². The van der Waals surface area contributed by atoms with E-state index in [9.17, 15) is 17.6 Å². The van der Waals surface area contributed by atoms with Gasteiger partial charge in [-0.3, -0.25) is 0 Å². The molecule has 0 aliphatic heterocycles. The van der Waals surface area contributed by atoms with Gasteiger partial charge in [-0.15, -0.1) is 16.4 Å². The highest BCUT2D eigenvalue weighted by atomic mass is 32.2. The summed E-state index contributed by atoms with van der Waals surface area (Å²) in [6.07, 6.45) is 3.06. The molecular weight excluding hydrogens is 576 g/mol. The topological polar surface area (TPSA) is 136 Å². The van der Waals surface area contributed by atoms with E-state index in [1.807, 2.05) is 0 Å². The Labute approximate surface area is 238 Å². The van der Waals surface area contributed by atoms with Crippen molar-refractivity contribution in [3.8, 4) is 11.0 Å². The van der Waals surface area contributed by atoms with Gasteiger partial charge in [0.25, 0.3) is 0 Å². The Balaban J connectivity index is 1.69. The van der Waals surface area contributed by atoms with E-state index in [4.69, 9.17) is 24.4 Å². The monoisotopic (exact) mass is 610 g/mol. The van der Waals surface area contributed by atoms with Gasteiger partial charge in [-0.05, 0) is 55.8 Å². The zero-order valence-electron chi connectivity index (χ0n) is 23.1. The predicted molar refractivity (Wildman–Crippen MR) is 152 cm³/mol. The van der Waals surface area contributed by atoms with Gasteiger partial charge in [0.2, 0.25) is 21.0 Å². The van der Waals surface area contributed by atoms with Crippen LogP contribution in [-0.2, 0) is 32.3 Å². The molecule has 1 fully saturated rings. The van der Waals surface area contributed by atoms with E-state index in [-0.39, 0.29) is 25.5 Å². The number of primary sulfonamides is 1. The maximum atomic E-state index is 14.7. The van der Waals surface area contributed by atoms with Crippen molar-refractivity contribution < 1.29 is 31.8 Å². The van der Waals surface area contributed by atoms with Crippen molar-refractivity contribution in [2.24, 2.45) is 11.1 Å². The molecule has 1 aliphatic carbocycles. The average Bonchev–Trinajstić information content (AvgIpc) is 3.43. The minimum atomic E-state index is -4.19. The summed E-state index contributed by atoms with van der Waals surface area (Å²) in [5.41, 5.74) is 2.27. The highest BCUT2D eigenvalue weighted by Gasteiger charge is 2.30. The third kappa shape index (κ3) is 7.97. The molecule has 1 aliphatic rings. The molecule has 10 nitrogen and oxygen atoms in total. The van der Waals surface area contributed by atoms with E-state index in [2.05, 4.69) is 24.6 Å². The van der Waals surface area contributed by atoms with Crippen LogP contribution in [0.5, 0.6) is 5.88 Å². The molecule has 1 aromatic carbocycles. The van der Waals surface area contributed by atoms with Crippen molar-refractivity contribution in [3.63, 3.8) is 0 Å². The lowest BCUT2D eigenvalue weighted by Gasteiger charge is -2.15. The largest absolute Gasteiger partial charge is 0.461 e. The second-order valence-electron chi connectivity index (χ2n) is 11.0. The lowest BCUT2D eigenvalue weighted by molar-refractivity contribution is 0.0186. The molecule has 0 radical (unpaired) electrons. The number of nitrogens with two attached hydrogens (primary N) is 1. The molecule has 0 amide bonds. The van der Waals surface area contributed by atoms with Crippen molar-refractivity contribution in [2.45, 2.75) is 63.2 Å². The van der Waals surface area contributed by atoms with Gasteiger partial charge >= 0.3 is 5.97 Å². The highest BCUT2D eigenvalue weighted by Crippen LogP contribution is 2.37. The Bertz CT molecular complexity index is 1460. The number of nitrogens with zero attached hydrogens (tertiary/aromatic N) is 3. The number of carbonyl (C=O) groups excluding carboxylic acids is 1. The first-order valence-corrected chi connectivity index (χ1v) is 19.2. The van der Waals surface area contributed by atoms with E-state index >= 15 is 0 Å². The molecule has 0 saturated heterocycles. The minimum absolute atomic E-state index is 0.0119. The molecule has 0 bridgehead atoms. The minimum Gasteiger partial charge on any atom is -0.461 e. The molecule has 0 spiro atoms. The summed E-state index contributed by atoms with van der Waals surface area (Å²) in [4.78, 5) is 16.1. The van der Waals surface area contributed by atoms with Gasteiger partial charge in [-0.25, -0.2) is 32.4 Å². The van der Waals surface area contributed by atoms with E-state index in [0.29, 0.717) is 35.5 Å². The number of esters is 1. The Morgan fingerprint density at radius 3 is 2.65 bits per heavy atom. The molecule has 40 heavy (non-hydrogen) atoms. The molecule has 1 saturated carbocycles. The molecule has 2 aromatic heterocycles. The molecule has 218 valence electrons. The summed E-state index contributed by atoms with van der Waals surface area (Å²) in [5, 5.41) is 11.9. The lowest BCUT2D eigenvalue weighted by atomic mass is 10.0. The summed E-state index contributed by atoms with van der Waals surface area (Å²) in [6, 6.07) is 4.83. The number of hydrogen-bond acceptors (Lipinski definition) is 9. The number of halogens is 1. The van der Waals surface area contributed by atoms with Crippen LogP contribution in [0.15, 0.2) is 28.5 Å². The van der Waals surface area contributed by atoms with Gasteiger partial charge in [-0.1, -0.05) is 25.7 Å². The van der Waals surface area contributed by atoms with Crippen LogP contribution in [0, 0.1) is 11.7 Å². The van der Waals surface area contributed by atoms with E-state index in [1.165, 1.54) is 17.4 Å². The number of aromatic nitrogens is 3. The standard InChI is InChI=1S/C26H35FN4O6S2Si/c1-5-36-25(32)21-15-38-26(29-21)31-22(14-17-6-7-17)19(24(30-31)37-16-35-10-11-40(2,3)4)12-18-8-9-23(20(27)13-18)39(28,33)34/h8-9,13,15,17H,5-7,10-12,14,16H2,1-4H3,(H2,28,33,34). The molecule has 0 unspecified atom stereocenters. The fourth-order valence-corrected chi connectivity index (χ4v) is 6.12. The van der Waals surface area contributed by atoms with Crippen LogP contribution in [-0.4, -0.2) is 57.2 Å². The molecule has 2 N–H and O–H groups in total. The predicted octanol–water partition coefficient (Wildman–Crippen LogP) is 4.53. The molecule has 2 heterocycles. The highest BCUT2D eigenvalue weighted by molar-refractivity contribution is 7.89. The Morgan fingerprint density at radius 1 is 1.27 bits per heavy atom. The van der Waals surface area contributed by atoms with Crippen LogP contribution in [0.2, 0.25) is 25.7 Å². The summed E-state index contributed by atoms with van der Waals surface area (Å²) >= 11 is 1.25. The molecule has 14 heteroatoms. The van der Waals surface area contributed by atoms with Crippen LogP contribution >= 0.6 is 11.3 Å². The Hall–Kier alpha value is -2.65. The number of ether oxygens (including phenoxy) is 3. The third-order valence-electron chi connectivity index (χ3n) is 6.35. The normalized spacial score (nSPS) is 13.9. The van der Waals surface area contributed by atoms with Crippen LogP contribution < -0.4 is 9.88 Å². The summed E-state index contributed by atoms with van der Waals surface area (Å²) in [6.45, 7) is 9.31. The van der Waals surface area contributed by atoms with Crippen LogP contribution in [0.4, 0.5) is 4.39 Å². The fourth-order valence-electron chi connectivity index (χ4n) is 4.00. The van der Waals surface area contributed by atoms with Gasteiger partial charge in [0.15, 0.2) is 12.5 Å². The first-order valence-electron chi connectivity index (χ1n) is 13.1. The van der Waals surface area contributed by atoms with Gasteiger partial charge in [-0.2, -0.15) is 0 Å². The van der Waals surface area contributed by atoms with Crippen molar-refractivity contribution in [2.75, 3.05) is 20.0 Å². The van der Waals surface area contributed by atoms with Crippen LogP contribution in [0.1, 0.15) is 47.1 Å². The lowest BCUT2D eigenvalue weighted by Crippen LogP contribution is -2.22. The van der Waals surface area contributed by atoms with Crippen LogP contribution in [0.25, 0.3) is 5.13 Å². The van der Waals surface area contributed by atoms with E-state index < -0.39 is 34.8 Å². The fraction of sp³-hybridized carbons (Fsp3) is 0.500. The smallest absolute Gasteiger partial charge is 0.357 e. The first kappa shape index (κ1) is 30.3. The molecule has 4 rings (SSSR count). The number of carbonyl (C=O) groups is 1. The maximum Gasteiger partial charge on any atom is 0.357 e. The SMILES string of the molecule is CCOC(=O)c1csc(-n2nc(OCOCC[Si](C)(C)C)c(Cc3ccc(S(N)(=O)=O)c(F)c3)c2CC2CC2)n1.